The molecular formula is C19H18Cl2N4O2. The number of hydrogen-bond donors (Lipinski definition) is 3. The Bertz CT molecular complexity index is 910. The van der Waals surface area contributed by atoms with E-state index in [1.165, 1.54) is 0 Å². The van der Waals surface area contributed by atoms with Crippen LogP contribution < -0.4 is 16.0 Å². The number of anilines is 2. The average Bonchev–Trinajstić information content (AvgIpc) is 2.61. The highest BCUT2D eigenvalue weighted by atomic mass is 35.5. The minimum absolute atomic E-state index is 0.128. The zero-order chi connectivity index (χ0) is 19.0. The summed E-state index contributed by atoms with van der Waals surface area (Å²) in [5.41, 5.74) is 1.39. The molecule has 0 atom stereocenters. The zero-order valence-corrected chi connectivity index (χ0v) is 15.9. The SMILES string of the molecule is O=C1NC2(CCN(C(=O)Nc3cccc(Cl)c3)CC2)Nc2cc(Cl)ccc21. The van der Waals surface area contributed by atoms with E-state index in [1.807, 2.05) is 0 Å². The topological polar surface area (TPSA) is 73.5 Å². The number of rotatable bonds is 1. The number of carbonyl (C=O) groups is 2. The van der Waals surface area contributed by atoms with E-state index in [9.17, 15) is 9.59 Å². The van der Waals surface area contributed by atoms with Gasteiger partial charge in [-0.2, -0.15) is 0 Å². The van der Waals surface area contributed by atoms with Crippen LogP contribution in [0.4, 0.5) is 16.2 Å². The molecule has 1 spiro atoms. The minimum Gasteiger partial charge on any atom is -0.362 e. The Kier molecular flexibility index (Phi) is 4.61. The van der Waals surface area contributed by atoms with Crippen molar-refractivity contribution < 1.29 is 9.59 Å². The number of carbonyl (C=O) groups excluding carboxylic acids is 2. The fraction of sp³-hybridized carbons (Fsp3) is 0.263. The lowest BCUT2D eigenvalue weighted by molar-refractivity contribution is 0.0852. The largest absolute Gasteiger partial charge is 0.362 e. The van der Waals surface area contributed by atoms with Crippen molar-refractivity contribution in [2.24, 2.45) is 0 Å². The van der Waals surface area contributed by atoms with Crippen molar-refractivity contribution in [1.82, 2.24) is 10.2 Å². The van der Waals surface area contributed by atoms with Gasteiger partial charge in [-0.25, -0.2) is 4.79 Å². The van der Waals surface area contributed by atoms with Crippen LogP contribution in [0.25, 0.3) is 0 Å². The molecule has 2 heterocycles. The van der Waals surface area contributed by atoms with E-state index >= 15 is 0 Å². The summed E-state index contributed by atoms with van der Waals surface area (Å²) in [6.07, 6.45) is 1.18. The highest BCUT2D eigenvalue weighted by molar-refractivity contribution is 6.31. The molecule has 4 rings (SSSR count). The van der Waals surface area contributed by atoms with Crippen LogP contribution in [0.5, 0.6) is 0 Å². The predicted octanol–water partition coefficient (Wildman–Crippen LogP) is 4.17. The zero-order valence-electron chi connectivity index (χ0n) is 14.4. The maximum atomic E-state index is 12.5. The van der Waals surface area contributed by atoms with Crippen molar-refractivity contribution in [3.8, 4) is 0 Å². The Balaban J connectivity index is 1.43. The molecule has 0 radical (unpaired) electrons. The number of urea groups is 1. The van der Waals surface area contributed by atoms with Crippen molar-refractivity contribution >= 4 is 46.5 Å². The van der Waals surface area contributed by atoms with Crippen LogP contribution in [0, 0.1) is 0 Å². The average molecular weight is 405 g/mol. The number of fused-ring (bicyclic) bond motifs is 1. The number of halogens is 2. The van der Waals surface area contributed by atoms with Gasteiger partial charge in [-0.3, -0.25) is 4.79 Å². The molecule has 2 aliphatic rings. The molecule has 1 fully saturated rings. The number of amides is 3. The van der Waals surface area contributed by atoms with Crippen LogP contribution in [0.1, 0.15) is 23.2 Å². The van der Waals surface area contributed by atoms with E-state index in [1.54, 1.807) is 47.4 Å². The van der Waals surface area contributed by atoms with E-state index in [-0.39, 0.29) is 11.9 Å². The van der Waals surface area contributed by atoms with E-state index in [4.69, 9.17) is 23.2 Å². The number of benzene rings is 2. The third kappa shape index (κ3) is 3.68. The Labute approximate surface area is 166 Å². The molecule has 140 valence electrons. The highest BCUT2D eigenvalue weighted by Crippen LogP contribution is 2.33. The lowest BCUT2D eigenvalue weighted by Crippen LogP contribution is -2.63. The first kappa shape index (κ1) is 17.9. The van der Waals surface area contributed by atoms with Crippen molar-refractivity contribution in [2.45, 2.75) is 18.5 Å². The molecule has 0 saturated carbocycles. The Morgan fingerprint density at radius 1 is 1.04 bits per heavy atom. The van der Waals surface area contributed by atoms with Crippen LogP contribution in [0.3, 0.4) is 0 Å². The van der Waals surface area contributed by atoms with Gasteiger partial charge in [0.05, 0.1) is 11.3 Å². The number of piperidine rings is 1. The van der Waals surface area contributed by atoms with Crippen LogP contribution in [-0.2, 0) is 0 Å². The molecule has 0 bridgehead atoms. The van der Waals surface area contributed by atoms with Gasteiger partial charge in [0.2, 0.25) is 0 Å². The maximum Gasteiger partial charge on any atom is 0.321 e. The van der Waals surface area contributed by atoms with Gasteiger partial charge in [0.1, 0.15) is 5.66 Å². The van der Waals surface area contributed by atoms with Crippen LogP contribution in [0.2, 0.25) is 10.0 Å². The molecule has 2 aromatic rings. The second-order valence-electron chi connectivity index (χ2n) is 6.78. The summed E-state index contributed by atoms with van der Waals surface area (Å²) in [6, 6.07) is 12.0. The summed E-state index contributed by atoms with van der Waals surface area (Å²) in [7, 11) is 0. The van der Waals surface area contributed by atoms with Gasteiger partial charge >= 0.3 is 6.03 Å². The third-order valence-corrected chi connectivity index (χ3v) is 5.40. The first-order valence-corrected chi connectivity index (χ1v) is 9.41. The van der Waals surface area contributed by atoms with Gasteiger partial charge in [0, 0.05) is 41.7 Å². The summed E-state index contributed by atoms with van der Waals surface area (Å²) in [5, 5.41) is 10.5. The smallest absolute Gasteiger partial charge is 0.321 e. The van der Waals surface area contributed by atoms with Crippen LogP contribution in [-0.4, -0.2) is 35.6 Å². The standard InChI is InChI=1S/C19H18Cl2N4O2/c20-12-2-1-3-14(10-12)22-18(27)25-8-6-19(7-9-25)23-16-11-13(21)4-5-15(16)17(26)24-19/h1-5,10-11,23H,6-9H2,(H,22,27)(H,24,26). The fourth-order valence-corrected chi connectivity index (χ4v) is 3.86. The van der Waals surface area contributed by atoms with Gasteiger partial charge in [0.25, 0.3) is 5.91 Å². The molecular weight excluding hydrogens is 387 g/mol. The number of likely N-dealkylation sites (tertiary alicyclic amines) is 1. The monoisotopic (exact) mass is 404 g/mol. The minimum atomic E-state index is -0.568. The predicted molar refractivity (Wildman–Crippen MR) is 107 cm³/mol. The molecule has 2 aromatic carbocycles. The lowest BCUT2D eigenvalue weighted by atomic mass is 9.92. The fourth-order valence-electron chi connectivity index (χ4n) is 3.50. The van der Waals surface area contributed by atoms with Gasteiger partial charge < -0.3 is 20.9 Å². The summed E-state index contributed by atoms with van der Waals surface area (Å²) in [4.78, 5) is 26.7. The molecule has 2 aliphatic heterocycles. The summed E-state index contributed by atoms with van der Waals surface area (Å²) < 4.78 is 0. The quantitative estimate of drug-likeness (QED) is 0.667. The second-order valence-corrected chi connectivity index (χ2v) is 7.65. The van der Waals surface area contributed by atoms with Gasteiger partial charge in [0.15, 0.2) is 0 Å². The molecule has 3 amide bonds. The summed E-state index contributed by atoms with van der Waals surface area (Å²) in [5.74, 6) is -0.128. The van der Waals surface area contributed by atoms with Gasteiger partial charge in [-0.05, 0) is 36.4 Å². The van der Waals surface area contributed by atoms with E-state index in [0.717, 1.165) is 5.69 Å². The molecule has 0 unspecified atom stereocenters. The van der Waals surface area contributed by atoms with Gasteiger partial charge in [-0.1, -0.05) is 29.3 Å². The van der Waals surface area contributed by atoms with E-state index in [0.29, 0.717) is 47.2 Å². The Morgan fingerprint density at radius 3 is 2.52 bits per heavy atom. The molecule has 1 saturated heterocycles. The van der Waals surface area contributed by atoms with Crippen molar-refractivity contribution in [2.75, 3.05) is 23.7 Å². The maximum absolute atomic E-state index is 12.5. The molecule has 8 heteroatoms. The molecule has 6 nitrogen and oxygen atoms in total. The second kappa shape index (κ2) is 6.94. The lowest BCUT2D eigenvalue weighted by Gasteiger charge is -2.45. The normalized spacial score (nSPS) is 17.7. The Hall–Kier alpha value is -2.44. The van der Waals surface area contributed by atoms with Gasteiger partial charge in [-0.15, -0.1) is 0 Å². The van der Waals surface area contributed by atoms with E-state index in [2.05, 4.69) is 16.0 Å². The molecule has 3 N–H and O–H groups in total. The van der Waals surface area contributed by atoms with Crippen LogP contribution >= 0.6 is 23.2 Å². The van der Waals surface area contributed by atoms with Crippen LogP contribution in [0.15, 0.2) is 42.5 Å². The third-order valence-electron chi connectivity index (χ3n) is 4.93. The van der Waals surface area contributed by atoms with Crippen molar-refractivity contribution in [3.05, 3.63) is 58.1 Å². The number of nitrogens with one attached hydrogen (secondary N) is 3. The van der Waals surface area contributed by atoms with Crippen molar-refractivity contribution in [3.63, 3.8) is 0 Å². The first-order valence-electron chi connectivity index (χ1n) is 8.66. The number of nitrogens with zero attached hydrogens (tertiary/aromatic N) is 1. The molecule has 0 aliphatic carbocycles. The molecule has 27 heavy (non-hydrogen) atoms. The summed E-state index contributed by atoms with van der Waals surface area (Å²) in [6.45, 7) is 1.02. The molecule has 0 aromatic heterocycles. The number of hydrogen-bond acceptors (Lipinski definition) is 3. The first-order chi connectivity index (χ1) is 12.9. The highest BCUT2D eigenvalue weighted by Gasteiger charge is 2.41. The van der Waals surface area contributed by atoms with Crippen molar-refractivity contribution in [1.29, 1.82) is 0 Å². The van der Waals surface area contributed by atoms with E-state index < -0.39 is 5.66 Å². The Morgan fingerprint density at radius 2 is 1.78 bits per heavy atom. The summed E-state index contributed by atoms with van der Waals surface area (Å²) >= 11 is 12.0.